The maximum absolute atomic E-state index is 11.1. The Morgan fingerprint density at radius 1 is 1.50 bits per heavy atom. The summed E-state index contributed by atoms with van der Waals surface area (Å²) in [6, 6.07) is 0. The lowest BCUT2D eigenvalue weighted by Gasteiger charge is -2.28. The van der Waals surface area contributed by atoms with Gasteiger partial charge in [-0.05, 0) is 12.8 Å². The molecule has 1 amide bonds. The third-order valence-corrected chi connectivity index (χ3v) is 2.66. The predicted molar refractivity (Wildman–Crippen MR) is 41.9 cm³/mol. The third-order valence-electron chi connectivity index (χ3n) is 2.66. The Labute approximate surface area is 71.4 Å². The Kier molecular flexibility index (Phi) is 1.72. The van der Waals surface area contributed by atoms with Crippen molar-refractivity contribution in [1.29, 1.82) is 0 Å². The van der Waals surface area contributed by atoms with Crippen molar-refractivity contribution < 1.29 is 14.3 Å². The monoisotopic (exact) mass is 171 g/mol. The topological polar surface area (TPSA) is 42.1 Å². The number of piperidine rings is 1. The molecule has 2 fully saturated rings. The van der Waals surface area contributed by atoms with Crippen LogP contribution in [-0.2, 0) is 9.47 Å². The molecule has 68 valence electrons. The molecule has 0 unspecified atom stereocenters. The quantitative estimate of drug-likeness (QED) is 0.502. The van der Waals surface area contributed by atoms with Gasteiger partial charge < -0.3 is 14.4 Å². The normalized spacial score (nSPS) is 25.6. The van der Waals surface area contributed by atoms with Gasteiger partial charge in [0, 0.05) is 13.1 Å². The molecule has 2 aliphatic rings. The van der Waals surface area contributed by atoms with Crippen LogP contribution in [0.3, 0.4) is 0 Å². The maximum atomic E-state index is 11.1. The zero-order valence-electron chi connectivity index (χ0n) is 7.21. The van der Waals surface area contributed by atoms with E-state index >= 15 is 0 Å². The van der Waals surface area contributed by atoms with Gasteiger partial charge in [-0.1, -0.05) is 0 Å². The van der Waals surface area contributed by atoms with Crippen LogP contribution in [0.4, 0.5) is 4.79 Å². The molecule has 2 aliphatic heterocycles. The number of rotatable bonds is 0. The van der Waals surface area contributed by atoms with Gasteiger partial charge in [0.15, 0.2) is 0 Å². The Morgan fingerprint density at radius 3 is 2.50 bits per heavy atom. The van der Waals surface area contributed by atoms with E-state index in [-0.39, 0.29) is 11.7 Å². The second-order valence-corrected chi connectivity index (χ2v) is 3.43. The highest BCUT2D eigenvalue weighted by Gasteiger charge is 2.47. The van der Waals surface area contributed by atoms with Gasteiger partial charge in [0.25, 0.3) is 0 Å². The highest BCUT2D eigenvalue weighted by atomic mass is 16.6. The number of likely N-dealkylation sites (tertiary alicyclic amines) is 1. The highest BCUT2D eigenvalue weighted by molar-refractivity contribution is 5.67. The summed E-state index contributed by atoms with van der Waals surface area (Å²) in [5.74, 6) is 0. The molecule has 0 saturated carbocycles. The molecule has 0 aliphatic carbocycles. The summed E-state index contributed by atoms with van der Waals surface area (Å²) >= 11 is 0. The number of ether oxygens (including phenoxy) is 2. The van der Waals surface area contributed by atoms with Crippen molar-refractivity contribution >= 4 is 6.09 Å². The molecule has 2 rings (SSSR count). The number of hydrogen-bond acceptors (Lipinski definition) is 3. The summed E-state index contributed by atoms with van der Waals surface area (Å²) in [7, 11) is 1.42. The van der Waals surface area contributed by atoms with Gasteiger partial charge in [-0.15, -0.1) is 0 Å². The van der Waals surface area contributed by atoms with Crippen LogP contribution in [0.25, 0.3) is 0 Å². The minimum atomic E-state index is -0.217. The molecule has 12 heavy (non-hydrogen) atoms. The number of nitrogens with zero attached hydrogens (tertiary/aromatic N) is 1. The first-order valence-corrected chi connectivity index (χ1v) is 4.23. The van der Waals surface area contributed by atoms with E-state index < -0.39 is 0 Å². The summed E-state index contributed by atoms with van der Waals surface area (Å²) in [5.41, 5.74) is 0.143. The molecule has 4 heteroatoms. The standard InChI is InChI=1S/C8H13NO3/c1-11-7(10)9-4-2-8(3-5-9)6-12-8/h2-6H2,1H3. The number of methoxy groups -OCH3 is 1. The summed E-state index contributed by atoms with van der Waals surface area (Å²) in [4.78, 5) is 12.8. The molecule has 0 N–H and O–H groups in total. The molecule has 0 radical (unpaired) electrons. The van der Waals surface area contributed by atoms with E-state index in [4.69, 9.17) is 4.74 Å². The second kappa shape index (κ2) is 2.62. The van der Waals surface area contributed by atoms with Gasteiger partial charge >= 0.3 is 6.09 Å². The number of carbonyl (C=O) groups excluding carboxylic acids is 1. The maximum Gasteiger partial charge on any atom is 0.409 e. The first-order chi connectivity index (χ1) is 5.76. The molecule has 4 nitrogen and oxygen atoms in total. The van der Waals surface area contributed by atoms with Crippen molar-refractivity contribution in [2.24, 2.45) is 0 Å². The Balaban J connectivity index is 1.85. The molecular formula is C8H13NO3. The number of hydrogen-bond donors (Lipinski definition) is 0. The predicted octanol–water partition coefficient (Wildman–Crippen LogP) is 0.618. The van der Waals surface area contributed by atoms with Crippen molar-refractivity contribution in [3.8, 4) is 0 Å². The van der Waals surface area contributed by atoms with Gasteiger partial charge in [-0.2, -0.15) is 0 Å². The fourth-order valence-corrected chi connectivity index (χ4v) is 1.62. The molecule has 0 atom stereocenters. The van der Waals surface area contributed by atoms with E-state index in [2.05, 4.69) is 4.74 Å². The van der Waals surface area contributed by atoms with E-state index in [0.717, 1.165) is 32.5 Å². The van der Waals surface area contributed by atoms with Crippen LogP contribution in [-0.4, -0.2) is 43.4 Å². The molecule has 0 aromatic carbocycles. The van der Waals surface area contributed by atoms with Gasteiger partial charge in [-0.25, -0.2) is 4.79 Å². The molecule has 0 bridgehead atoms. The second-order valence-electron chi connectivity index (χ2n) is 3.43. The van der Waals surface area contributed by atoms with E-state index in [1.54, 1.807) is 4.90 Å². The Bertz CT molecular complexity index is 190. The van der Waals surface area contributed by atoms with Crippen LogP contribution in [0.5, 0.6) is 0 Å². The highest BCUT2D eigenvalue weighted by Crippen LogP contribution is 2.37. The minimum Gasteiger partial charge on any atom is -0.453 e. The number of amides is 1. The Morgan fingerprint density at radius 2 is 2.08 bits per heavy atom. The Hall–Kier alpha value is -0.770. The molecule has 0 aromatic rings. The van der Waals surface area contributed by atoms with Crippen molar-refractivity contribution in [3.05, 3.63) is 0 Å². The van der Waals surface area contributed by atoms with Crippen molar-refractivity contribution in [2.45, 2.75) is 18.4 Å². The van der Waals surface area contributed by atoms with E-state index in [0.29, 0.717) is 0 Å². The average Bonchev–Trinajstić information content (AvgIpc) is 2.85. The lowest BCUT2D eigenvalue weighted by molar-refractivity contribution is 0.0973. The SMILES string of the molecule is COC(=O)N1CCC2(CC1)CO2. The molecule has 2 heterocycles. The van der Waals surface area contributed by atoms with Gasteiger partial charge in [0.05, 0.1) is 19.3 Å². The van der Waals surface area contributed by atoms with E-state index in [9.17, 15) is 4.79 Å². The lowest BCUT2D eigenvalue weighted by Crippen LogP contribution is -2.41. The van der Waals surface area contributed by atoms with Crippen LogP contribution in [0.1, 0.15) is 12.8 Å². The lowest BCUT2D eigenvalue weighted by atomic mass is 9.98. The third kappa shape index (κ3) is 1.27. The van der Waals surface area contributed by atoms with Crippen molar-refractivity contribution in [3.63, 3.8) is 0 Å². The summed E-state index contributed by atoms with van der Waals surface area (Å²) < 4.78 is 9.94. The fourth-order valence-electron chi connectivity index (χ4n) is 1.62. The van der Waals surface area contributed by atoms with Crippen LogP contribution in [0.15, 0.2) is 0 Å². The largest absolute Gasteiger partial charge is 0.453 e. The molecule has 1 spiro atoms. The van der Waals surface area contributed by atoms with Gasteiger partial charge in [0.2, 0.25) is 0 Å². The zero-order valence-corrected chi connectivity index (χ0v) is 7.21. The van der Waals surface area contributed by atoms with Gasteiger partial charge in [-0.3, -0.25) is 0 Å². The van der Waals surface area contributed by atoms with Crippen LogP contribution < -0.4 is 0 Å². The summed E-state index contributed by atoms with van der Waals surface area (Å²) in [5, 5.41) is 0. The minimum absolute atomic E-state index is 0.143. The van der Waals surface area contributed by atoms with E-state index in [1.807, 2.05) is 0 Å². The number of carbonyl (C=O) groups is 1. The molecular weight excluding hydrogens is 158 g/mol. The van der Waals surface area contributed by atoms with E-state index in [1.165, 1.54) is 7.11 Å². The first-order valence-electron chi connectivity index (χ1n) is 4.23. The van der Waals surface area contributed by atoms with Crippen LogP contribution in [0, 0.1) is 0 Å². The smallest absolute Gasteiger partial charge is 0.409 e. The first kappa shape index (κ1) is 7.86. The summed E-state index contributed by atoms with van der Waals surface area (Å²) in [6.07, 6.45) is 1.70. The van der Waals surface area contributed by atoms with Crippen LogP contribution in [0.2, 0.25) is 0 Å². The van der Waals surface area contributed by atoms with Crippen LogP contribution >= 0.6 is 0 Å². The summed E-state index contributed by atoms with van der Waals surface area (Å²) in [6.45, 7) is 2.42. The fraction of sp³-hybridized carbons (Fsp3) is 0.875. The van der Waals surface area contributed by atoms with Crippen molar-refractivity contribution in [2.75, 3.05) is 26.8 Å². The number of epoxide rings is 1. The zero-order chi connectivity index (χ0) is 8.60. The van der Waals surface area contributed by atoms with Crippen molar-refractivity contribution in [1.82, 2.24) is 4.90 Å². The van der Waals surface area contributed by atoms with Gasteiger partial charge in [0.1, 0.15) is 0 Å². The average molecular weight is 171 g/mol. The molecule has 2 saturated heterocycles. The molecule has 0 aromatic heterocycles.